The van der Waals surface area contributed by atoms with E-state index in [1.165, 1.54) is 0 Å². The molecule has 0 saturated carbocycles. The van der Waals surface area contributed by atoms with Crippen LogP contribution in [0.2, 0.25) is 0 Å². The minimum absolute atomic E-state index is 0.297. The zero-order valence-corrected chi connectivity index (χ0v) is 8.70. The summed E-state index contributed by atoms with van der Waals surface area (Å²) in [5, 5.41) is 17.3. The lowest BCUT2D eigenvalue weighted by atomic mass is 10.4. The monoisotopic (exact) mass is 190 g/mol. The SMILES string of the molecule is C=C.C=C.CC(O)COCC(C)O. The van der Waals surface area contributed by atoms with Gasteiger partial charge in [0.2, 0.25) is 0 Å². The lowest BCUT2D eigenvalue weighted by Gasteiger charge is -2.06. The Labute approximate surface area is 81.4 Å². The van der Waals surface area contributed by atoms with E-state index < -0.39 is 12.2 Å². The molecule has 0 amide bonds. The number of rotatable bonds is 4. The van der Waals surface area contributed by atoms with Crippen LogP contribution < -0.4 is 0 Å². The van der Waals surface area contributed by atoms with E-state index in [9.17, 15) is 0 Å². The molecule has 0 spiro atoms. The molecule has 3 heteroatoms. The molecule has 0 fully saturated rings. The summed E-state index contributed by atoms with van der Waals surface area (Å²) >= 11 is 0. The lowest BCUT2D eigenvalue weighted by Crippen LogP contribution is -2.16. The van der Waals surface area contributed by atoms with E-state index in [0.29, 0.717) is 13.2 Å². The Morgan fingerprint density at radius 3 is 1.31 bits per heavy atom. The van der Waals surface area contributed by atoms with Gasteiger partial charge in [-0.1, -0.05) is 0 Å². The van der Waals surface area contributed by atoms with Crippen LogP contribution in [0.25, 0.3) is 0 Å². The van der Waals surface area contributed by atoms with Crippen LogP contribution in [0.3, 0.4) is 0 Å². The van der Waals surface area contributed by atoms with Gasteiger partial charge < -0.3 is 14.9 Å². The number of hydrogen-bond donors (Lipinski definition) is 2. The third-order valence-corrected chi connectivity index (χ3v) is 0.718. The largest absolute Gasteiger partial charge is 0.391 e. The molecule has 13 heavy (non-hydrogen) atoms. The topological polar surface area (TPSA) is 49.7 Å². The van der Waals surface area contributed by atoms with Gasteiger partial charge in [-0.05, 0) is 13.8 Å². The molecular weight excluding hydrogens is 168 g/mol. The quantitative estimate of drug-likeness (QED) is 0.658. The predicted octanol–water partition coefficient (Wildman–Crippen LogP) is 1.37. The van der Waals surface area contributed by atoms with E-state index in [1.807, 2.05) is 0 Å². The maximum Gasteiger partial charge on any atom is 0.0745 e. The fourth-order valence-electron chi connectivity index (χ4n) is 0.409. The Morgan fingerprint density at radius 1 is 0.923 bits per heavy atom. The van der Waals surface area contributed by atoms with Crippen molar-refractivity contribution in [2.45, 2.75) is 26.1 Å². The van der Waals surface area contributed by atoms with Gasteiger partial charge >= 0.3 is 0 Å². The summed E-state index contributed by atoms with van der Waals surface area (Å²) in [6.45, 7) is 15.9. The zero-order valence-electron chi connectivity index (χ0n) is 8.70. The van der Waals surface area contributed by atoms with E-state index >= 15 is 0 Å². The van der Waals surface area contributed by atoms with E-state index in [4.69, 9.17) is 14.9 Å². The Bertz CT molecular complexity index is 72.2. The van der Waals surface area contributed by atoms with E-state index in [-0.39, 0.29) is 0 Å². The maximum atomic E-state index is 8.66. The van der Waals surface area contributed by atoms with Crippen LogP contribution >= 0.6 is 0 Å². The second kappa shape index (κ2) is 17.4. The molecule has 0 heterocycles. The molecule has 2 unspecified atom stereocenters. The van der Waals surface area contributed by atoms with Crippen LogP contribution in [-0.2, 0) is 4.74 Å². The molecular formula is C10H22O3. The van der Waals surface area contributed by atoms with Crippen LogP contribution in [-0.4, -0.2) is 35.6 Å². The van der Waals surface area contributed by atoms with Gasteiger partial charge in [-0.3, -0.25) is 0 Å². The first-order valence-electron chi connectivity index (χ1n) is 4.06. The van der Waals surface area contributed by atoms with Crippen molar-refractivity contribution in [2.75, 3.05) is 13.2 Å². The van der Waals surface area contributed by atoms with Crippen LogP contribution in [0, 0.1) is 0 Å². The van der Waals surface area contributed by atoms with Crippen LogP contribution in [0.5, 0.6) is 0 Å². The van der Waals surface area contributed by atoms with Gasteiger partial charge in [0.1, 0.15) is 0 Å². The highest BCUT2D eigenvalue weighted by Crippen LogP contribution is 1.85. The summed E-state index contributed by atoms with van der Waals surface area (Å²) in [5.41, 5.74) is 0. The molecule has 0 radical (unpaired) electrons. The van der Waals surface area contributed by atoms with Crippen molar-refractivity contribution < 1.29 is 14.9 Å². The minimum atomic E-state index is -0.441. The molecule has 0 aliphatic carbocycles. The van der Waals surface area contributed by atoms with Crippen LogP contribution in [0.15, 0.2) is 26.3 Å². The predicted molar refractivity (Wildman–Crippen MR) is 56.7 cm³/mol. The van der Waals surface area contributed by atoms with Crippen molar-refractivity contribution in [1.29, 1.82) is 0 Å². The van der Waals surface area contributed by atoms with Crippen molar-refractivity contribution in [3.63, 3.8) is 0 Å². The number of aliphatic hydroxyl groups excluding tert-OH is 2. The average molecular weight is 190 g/mol. The molecule has 0 aromatic heterocycles. The molecule has 0 saturated heterocycles. The molecule has 3 nitrogen and oxygen atoms in total. The fraction of sp³-hybridized carbons (Fsp3) is 0.600. The lowest BCUT2D eigenvalue weighted by molar-refractivity contribution is 0.00392. The molecule has 2 atom stereocenters. The van der Waals surface area contributed by atoms with E-state index in [2.05, 4.69) is 26.3 Å². The fourth-order valence-corrected chi connectivity index (χ4v) is 0.409. The molecule has 0 aromatic rings. The molecule has 0 aliphatic rings. The standard InChI is InChI=1S/C6H14O3.2C2H4/c1-5(7)3-9-4-6(2)8;2*1-2/h5-8H,3-4H2,1-2H3;2*1-2H2. The van der Waals surface area contributed by atoms with Crippen LogP contribution in [0.4, 0.5) is 0 Å². The second-order valence-corrected chi connectivity index (χ2v) is 2.24. The number of hydrogen-bond acceptors (Lipinski definition) is 3. The summed E-state index contributed by atoms with van der Waals surface area (Å²) in [7, 11) is 0. The number of ether oxygens (including phenoxy) is 1. The molecule has 0 aliphatic heterocycles. The smallest absolute Gasteiger partial charge is 0.0745 e. The van der Waals surface area contributed by atoms with E-state index in [1.54, 1.807) is 13.8 Å². The summed E-state index contributed by atoms with van der Waals surface area (Å²) in [4.78, 5) is 0. The summed E-state index contributed by atoms with van der Waals surface area (Å²) in [6, 6.07) is 0. The van der Waals surface area contributed by atoms with Crippen LogP contribution in [0.1, 0.15) is 13.8 Å². The summed E-state index contributed by atoms with van der Waals surface area (Å²) in [5.74, 6) is 0. The highest BCUT2D eigenvalue weighted by molar-refractivity contribution is 4.45. The highest BCUT2D eigenvalue weighted by Gasteiger charge is 1.97. The normalized spacial score (nSPS) is 12.6. The molecule has 80 valence electrons. The zero-order chi connectivity index (χ0) is 11.3. The van der Waals surface area contributed by atoms with Gasteiger partial charge in [0.05, 0.1) is 25.4 Å². The molecule has 0 aromatic carbocycles. The minimum Gasteiger partial charge on any atom is -0.391 e. The summed E-state index contributed by atoms with van der Waals surface area (Å²) < 4.78 is 4.86. The van der Waals surface area contributed by atoms with Gasteiger partial charge in [0, 0.05) is 0 Å². The Kier molecular flexibility index (Phi) is 24.4. The first kappa shape index (κ1) is 18.2. The summed E-state index contributed by atoms with van der Waals surface area (Å²) in [6.07, 6.45) is -0.882. The molecule has 0 rings (SSSR count). The maximum absolute atomic E-state index is 8.66. The van der Waals surface area contributed by atoms with Crippen molar-refractivity contribution in [2.24, 2.45) is 0 Å². The Morgan fingerprint density at radius 2 is 1.15 bits per heavy atom. The Balaban J connectivity index is -0.000000218. The van der Waals surface area contributed by atoms with Crippen molar-refractivity contribution >= 4 is 0 Å². The van der Waals surface area contributed by atoms with Crippen molar-refractivity contribution in [3.05, 3.63) is 26.3 Å². The molecule has 0 bridgehead atoms. The third kappa shape index (κ3) is 34.6. The molecule has 2 N–H and O–H groups in total. The van der Waals surface area contributed by atoms with Gasteiger partial charge in [-0.15, -0.1) is 26.3 Å². The van der Waals surface area contributed by atoms with Crippen molar-refractivity contribution in [1.82, 2.24) is 0 Å². The first-order chi connectivity index (χ1) is 6.13. The second-order valence-electron chi connectivity index (χ2n) is 2.24. The number of aliphatic hydroxyl groups is 2. The average Bonchev–Trinajstić information content (AvgIpc) is 2.10. The van der Waals surface area contributed by atoms with Gasteiger partial charge in [0.25, 0.3) is 0 Å². The third-order valence-electron chi connectivity index (χ3n) is 0.718. The first-order valence-corrected chi connectivity index (χ1v) is 4.06. The highest BCUT2D eigenvalue weighted by atomic mass is 16.5. The Hall–Kier alpha value is -0.640. The van der Waals surface area contributed by atoms with E-state index in [0.717, 1.165) is 0 Å². The van der Waals surface area contributed by atoms with Gasteiger partial charge in [-0.2, -0.15) is 0 Å². The van der Waals surface area contributed by atoms with Gasteiger partial charge in [-0.25, -0.2) is 0 Å². The van der Waals surface area contributed by atoms with Gasteiger partial charge in [0.15, 0.2) is 0 Å². The van der Waals surface area contributed by atoms with Crippen molar-refractivity contribution in [3.8, 4) is 0 Å².